The molecule has 1 heterocycles. The van der Waals surface area contributed by atoms with Gasteiger partial charge in [-0.2, -0.15) is 0 Å². The largest absolute Gasteiger partial charge is 0.392 e. The van der Waals surface area contributed by atoms with E-state index >= 15 is 0 Å². The molecule has 1 rings (SSSR count). The molecule has 0 bridgehead atoms. The highest BCUT2D eigenvalue weighted by atomic mass is 35.5. The van der Waals surface area contributed by atoms with Gasteiger partial charge in [0.25, 0.3) is 0 Å². The molecule has 0 amide bonds. The summed E-state index contributed by atoms with van der Waals surface area (Å²) in [6.07, 6.45) is 0.771. The fourth-order valence-electron chi connectivity index (χ4n) is 1.53. The molecule has 5 heteroatoms. The van der Waals surface area contributed by atoms with E-state index in [1.54, 1.807) is 0 Å². The minimum Gasteiger partial charge on any atom is -0.392 e. The molecule has 0 aromatic carbocycles. The van der Waals surface area contributed by atoms with Crippen LogP contribution in [0, 0.1) is 0 Å². The molecule has 0 aliphatic carbocycles. The van der Waals surface area contributed by atoms with Crippen LogP contribution in [-0.4, -0.2) is 41.3 Å². The van der Waals surface area contributed by atoms with Crippen LogP contribution in [0.25, 0.3) is 0 Å². The van der Waals surface area contributed by atoms with E-state index in [-0.39, 0.29) is 36.5 Å². The van der Waals surface area contributed by atoms with Crippen molar-refractivity contribution in [1.82, 2.24) is 4.90 Å². The van der Waals surface area contributed by atoms with Crippen LogP contribution in [0.1, 0.15) is 20.3 Å². The Morgan fingerprint density at radius 2 is 2.00 bits per heavy atom. The second-order valence-corrected chi connectivity index (χ2v) is 4.17. The van der Waals surface area contributed by atoms with Crippen molar-refractivity contribution in [3.05, 3.63) is 0 Å². The number of aliphatic hydroxyl groups is 1. The summed E-state index contributed by atoms with van der Waals surface area (Å²) in [5.74, 6) is 0. The molecule has 1 aliphatic heterocycles. The van der Waals surface area contributed by atoms with Crippen LogP contribution < -0.4 is 5.73 Å². The van der Waals surface area contributed by atoms with Gasteiger partial charge >= 0.3 is 0 Å². The summed E-state index contributed by atoms with van der Waals surface area (Å²) in [6.45, 7) is 6.68. The average Bonchev–Trinajstić information content (AvgIpc) is 2.10. The normalized spacial score (nSPS) is 23.5. The Kier molecular flexibility index (Phi) is 7.39. The Labute approximate surface area is 92.5 Å². The van der Waals surface area contributed by atoms with Gasteiger partial charge in [0, 0.05) is 25.2 Å². The first kappa shape index (κ1) is 15.9. The zero-order valence-corrected chi connectivity index (χ0v) is 9.83. The molecule has 0 aromatic heterocycles. The van der Waals surface area contributed by atoms with Crippen LogP contribution in [0.3, 0.4) is 0 Å². The lowest BCUT2D eigenvalue weighted by Crippen LogP contribution is -2.44. The minimum absolute atomic E-state index is 0. The van der Waals surface area contributed by atoms with Crippen molar-refractivity contribution in [1.29, 1.82) is 0 Å². The molecule has 1 fully saturated rings. The second-order valence-electron chi connectivity index (χ2n) is 4.17. The Morgan fingerprint density at radius 3 is 2.31 bits per heavy atom. The predicted octanol–water partition coefficient (Wildman–Crippen LogP) is 0.634. The van der Waals surface area contributed by atoms with E-state index in [2.05, 4.69) is 4.90 Å². The quantitative estimate of drug-likeness (QED) is 0.733. The fourth-order valence-corrected chi connectivity index (χ4v) is 1.53. The average molecular weight is 231 g/mol. The number of β-amino-alcohol motifs (C(OH)–C–C–N with tert-alkyl or cyclic N) is 1. The van der Waals surface area contributed by atoms with E-state index in [9.17, 15) is 5.11 Å². The number of hydrogen-bond donors (Lipinski definition) is 2. The van der Waals surface area contributed by atoms with Gasteiger partial charge in [-0.1, -0.05) is 0 Å². The Morgan fingerprint density at radius 1 is 1.46 bits per heavy atom. The molecule has 3 nitrogen and oxygen atoms in total. The number of halogens is 2. The third-order valence-corrected chi connectivity index (χ3v) is 1.88. The highest BCUT2D eigenvalue weighted by Gasteiger charge is 2.24. The molecule has 0 saturated carbocycles. The summed E-state index contributed by atoms with van der Waals surface area (Å²) < 4.78 is 0. The van der Waals surface area contributed by atoms with E-state index in [0.29, 0.717) is 0 Å². The maximum Gasteiger partial charge on any atom is 0.0679 e. The van der Waals surface area contributed by atoms with Crippen molar-refractivity contribution in [2.45, 2.75) is 31.9 Å². The van der Waals surface area contributed by atoms with Crippen molar-refractivity contribution in [2.24, 2.45) is 5.73 Å². The summed E-state index contributed by atoms with van der Waals surface area (Å²) in [6, 6.07) is 0. The van der Waals surface area contributed by atoms with Gasteiger partial charge in [-0.25, -0.2) is 0 Å². The standard InChI is InChI=1S/C8H18N2O.2ClH/c1-8(2,9)6-10-4-3-7(11)5-10;;/h7,11H,3-6,9H2,1-2H3;2*1H. The van der Waals surface area contributed by atoms with Crippen LogP contribution in [0.15, 0.2) is 0 Å². The summed E-state index contributed by atoms with van der Waals surface area (Å²) in [5.41, 5.74) is 5.70. The summed E-state index contributed by atoms with van der Waals surface area (Å²) in [7, 11) is 0. The molecule has 0 radical (unpaired) electrons. The van der Waals surface area contributed by atoms with E-state index in [0.717, 1.165) is 26.1 Å². The van der Waals surface area contributed by atoms with E-state index in [1.807, 2.05) is 13.8 Å². The highest BCUT2D eigenvalue weighted by Crippen LogP contribution is 2.11. The third-order valence-electron chi connectivity index (χ3n) is 1.88. The molecular formula is C8H20Cl2N2O. The SMILES string of the molecule is CC(C)(N)CN1CCC(O)C1.Cl.Cl. The van der Waals surface area contributed by atoms with Gasteiger partial charge in [-0.05, 0) is 20.3 Å². The molecule has 13 heavy (non-hydrogen) atoms. The Bertz CT molecular complexity index is 139. The smallest absolute Gasteiger partial charge is 0.0679 e. The summed E-state index contributed by atoms with van der Waals surface area (Å²) >= 11 is 0. The maximum atomic E-state index is 9.21. The molecule has 1 saturated heterocycles. The van der Waals surface area contributed by atoms with Gasteiger partial charge in [-0.3, -0.25) is 4.90 Å². The van der Waals surface area contributed by atoms with Gasteiger partial charge in [0.15, 0.2) is 0 Å². The minimum atomic E-state index is -0.135. The van der Waals surface area contributed by atoms with E-state index < -0.39 is 0 Å². The van der Waals surface area contributed by atoms with Gasteiger partial charge in [0.1, 0.15) is 0 Å². The number of aliphatic hydroxyl groups excluding tert-OH is 1. The number of likely N-dealkylation sites (tertiary alicyclic amines) is 1. The van der Waals surface area contributed by atoms with Crippen molar-refractivity contribution in [2.75, 3.05) is 19.6 Å². The lowest BCUT2D eigenvalue weighted by atomic mass is 10.1. The molecule has 1 unspecified atom stereocenters. The summed E-state index contributed by atoms with van der Waals surface area (Å²) in [4.78, 5) is 2.21. The molecule has 1 atom stereocenters. The van der Waals surface area contributed by atoms with Crippen molar-refractivity contribution in [3.8, 4) is 0 Å². The van der Waals surface area contributed by atoms with Gasteiger partial charge in [0.05, 0.1) is 6.10 Å². The second kappa shape index (κ2) is 6.04. The van der Waals surface area contributed by atoms with Crippen LogP contribution in [0.5, 0.6) is 0 Å². The lowest BCUT2D eigenvalue weighted by molar-refractivity contribution is 0.169. The van der Waals surface area contributed by atoms with Crippen LogP contribution in [0.4, 0.5) is 0 Å². The zero-order valence-electron chi connectivity index (χ0n) is 8.19. The van der Waals surface area contributed by atoms with Crippen molar-refractivity contribution < 1.29 is 5.11 Å². The van der Waals surface area contributed by atoms with Crippen molar-refractivity contribution in [3.63, 3.8) is 0 Å². The molecular weight excluding hydrogens is 211 g/mol. The first-order valence-electron chi connectivity index (χ1n) is 4.17. The first-order chi connectivity index (χ1) is 4.97. The van der Waals surface area contributed by atoms with Crippen LogP contribution >= 0.6 is 24.8 Å². The third kappa shape index (κ3) is 6.52. The fraction of sp³-hybridized carbons (Fsp3) is 1.00. The van der Waals surface area contributed by atoms with Crippen LogP contribution in [-0.2, 0) is 0 Å². The van der Waals surface area contributed by atoms with Gasteiger partial charge in [0.2, 0.25) is 0 Å². The monoisotopic (exact) mass is 230 g/mol. The predicted molar refractivity (Wildman–Crippen MR) is 59.8 cm³/mol. The van der Waals surface area contributed by atoms with Crippen molar-refractivity contribution >= 4 is 24.8 Å². The van der Waals surface area contributed by atoms with Gasteiger partial charge < -0.3 is 10.8 Å². The molecule has 3 N–H and O–H groups in total. The van der Waals surface area contributed by atoms with Crippen LogP contribution in [0.2, 0.25) is 0 Å². The Hall–Kier alpha value is 0.460. The van der Waals surface area contributed by atoms with E-state index in [4.69, 9.17) is 5.73 Å². The van der Waals surface area contributed by atoms with Gasteiger partial charge in [-0.15, -0.1) is 24.8 Å². The Balaban J connectivity index is 0. The first-order valence-corrected chi connectivity index (χ1v) is 4.17. The van der Waals surface area contributed by atoms with E-state index in [1.165, 1.54) is 0 Å². The number of rotatable bonds is 2. The summed E-state index contributed by atoms with van der Waals surface area (Å²) in [5, 5.41) is 9.21. The zero-order chi connectivity index (χ0) is 8.48. The highest BCUT2D eigenvalue weighted by molar-refractivity contribution is 5.85. The maximum absolute atomic E-state index is 9.21. The molecule has 0 aromatic rings. The number of hydrogen-bond acceptors (Lipinski definition) is 3. The molecule has 1 aliphatic rings. The topological polar surface area (TPSA) is 49.5 Å². The molecule has 0 spiro atoms. The lowest BCUT2D eigenvalue weighted by Gasteiger charge is -2.25. The number of nitrogens with zero attached hydrogens (tertiary/aromatic N) is 1. The molecule has 82 valence electrons. The number of nitrogens with two attached hydrogens (primary N) is 1.